The summed E-state index contributed by atoms with van der Waals surface area (Å²) in [5.41, 5.74) is 0.416. The first-order chi connectivity index (χ1) is 7.00. The van der Waals surface area contributed by atoms with E-state index >= 15 is 0 Å². The van der Waals surface area contributed by atoms with Crippen LogP contribution in [-0.4, -0.2) is 4.98 Å². The standard InChI is InChI=1S/C9H5BrClNO3/c1-3-2-4(10)6(11)5-7(3)12-9(14)15-8(5)13/h2H,1H3,(H,12,14). The molecule has 1 aromatic carbocycles. The van der Waals surface area contributed by atoms with Crippen molar-refractivity contribution in [2.45, 2.75) is 6.92 Å². The Morgan fingerprint density at radius 3 is 2.80 bits per heavy atom. The van der Waals surface area contributed by atoms with E-state index in [1.54, 1.807) is 13.0 Å². The number of aromatic nitrogens is 1. The number of aryl methyl sites for hydroxylation is 1. The first kappa shape index (κ1) is 10.4. The van der Waals surface area contributed by atoms with Crippen LogP contribution in [-0.2, 0) is 0 Å². The maximum absolute atomic E-state index is 11.4. The van der Waals surface area contributed by atoms with Crippen molar-refractivity contribution in [3.8, 4) is 0 Å². The summed E-state index contributed by atoms with van der Waals surface area (Å²) in [5, 5.41) is 0.420. The van der Waals surface area contributed by atoms with Gasteiger partial charge in [-0.25, -0.2) is 9.59 Å². The van der Waals surface area contributed by atoms with Gasteiger partial charge in [-0.2, -0.15) is 0 Å². The van der Waals surface area contributed by atoms with Gasteiger partial charge in [-0.1, -0.05) is 11.6 Å². The minimum absolute atomic E-state index is 0.183. The molecular weight excluding hydrogens is 285 g/mol. The van der Waals surface area contributed by atoms with Gasteiger partial charge < -0.3 is 4.42 Å². The largest absolute Gasteiger partial charge is 0.419 e. The maximum Gasteiger partial charge on any atom is 0.419 e. The Labute approximate surface area is 97.0 Å². The Bertz CT molecular complexity index is 659. The van der Waals surface area contributed by atoms with Gasteiger partial charge in [-0.15, -0.1) is 0 Å². The Kier molecular flexibility index (Phi) is 2.44. The molecule has 0 unspecified atom stereocenters. The highest BCUT2D eigenvalue weighted by molar-refractivity contribution is 9.10. The number of nitrogens with one attached hydrogen (secondary N) is 1. The molecule has 0 amide bonds. The number of aromatic amines is 1. The highest BCUT2D eigenvalue weighted by Gasteiger charge is 2.12. The lowest BCUT2D eigenvalue weighted by molar-refractivity contribution is 0.460. The number of rotatable bonds is 0. The van der Waals surface area contributed by atoms with Gasteiger partial charge in [0, 0.05) is 4.47 Å². The number of benzene rings is 1. The molecule has 0 spiro atoms. The topological polar surface area (TPSA) is 63.1 Å². The van der Waals surface area contributed by atoms with Crippen LogP contribution in [0.25, 0.3) is 10.9 Å². The Balaban J connectivity index is 3.17. The number of fused-ring (bicyclic) bond motifs is 1. The van der Waals surface area contributed by atoms with Crippen molar-refractivity contribution < 1.29 is 4.42 Å². The van der Waals surface area contributed by atoms with Crippen molar-refractivity contribution >= 4 is 38.4 Å². The van der Waals surface area contributed by atoms with Crippen LogP contribution in [0.15, 0.2) is 24.5 Å². The molecule has 0 radical (unpaired) electrons. The molecule has 4 nitrogen and oxygen atoms in total. The van der Waals surface area contributed by atoms with Crippen LogP contribution in [0, 0.1) is 6.92 Å². The van der Waals surface area contributed by atoms with Crippen molar-refractivity contribution in [3.63, 3.8) is 0 Å². The van der Waals surface area contributed by atoms with Gasteiger partial charge in [-0.05, 0) is 34.5 Å². The van der Waals surface area contributed by atoms with E-state index < -0.39 is 11.4 Å². The summed E-state index contributed by atoms with van der Waals surface area (Å²) in [5.74, 6) is -0.783. The minimum atomic E-state index is -0.783. The van der Waals surface area contributed by atoms with E-state index in [1.165, 1.54) is 0 Å². The van der Waals surface area contributed by atoms with Crippen molar-refractivity contribution in [1.29, 1.82) is 0 Å². The molecule has 0 aliphatic rings. The zero-order chi connectivity index (χ0) is 11.2. The summed E-state index contributed by atoms with van der Waals surface area (Å²) >= 11 is 9.14. The third kappa shape index (κ3) is 1.61. The fourth-order valence-corrected chi connectivity index (χ4v) is 2.14. The summed E-state index contributed by atoms with van der Waals surface area (Å²) < 4.78 is 5.00. The zero-order valence-electron chi connectivity index (χ0n) is 7.56. The fourth-order valence-electron chi connectivity index (χ4n) is 1.37. The van der Waals surface area contributed by atoms with E-state index in [2.05, 4.69) is 25.3 Å². The normalized spacial score (nSPS) is 10.9. The molecule has 1 heterocycles. The molecule has 0 saturated carbocycles. The third-order valence-electron chi connectivity index (χ3n) is 2.03. The van der Waals surface area contributed by atoms with Crippen LogP contribution >= 0.6 is 27.5 Å². The first-order valence-corrected chi connectivity index (χ1v) is 5.19. The van der Waals surface area contributed by atoms with Crippen molar-refractivity contribution in [2.24, 2.45) is 0 Å². The SMILES string of the molecule is Cc1cc(Br)c(Cl)c2c(=O)oc(=O)[nH]c12. The lowest BCUT2D eigenvalue weighted by atomic mass is 10.1. The van der Waals surface area contributed by atoms with E-state index in [-0.39, 0.29) is 10.4 Å². The van der Waals surface area contributed by atoms with E-state index in [9.17, 15) is 9.59 Å². The van der Waals surface area contributed by atoms with Gasteiger partial charge >= 0.3 is 11.4 Å². The molecule has 0 fully saturated rings. The monoisotopic (exact) mass is 289 g/mol. The van der Waals surface area contributed by atoms with E-state index in [0.717, 1.165) is 5.56 Å². The van der Waals surface area contributed by atoms with Crippen molar-refractivity contribution in [1.82, 2.24) is 4.98 Å². The Hall–Kier alpha value is -1.07. The molecular formula is C9H5BrClNO3. The lowest BCUT2D eigenvalue weighted by Crippen LogP contribution is -2.15. The van der Waals surface area contributed by atoms with Crippen LogP contribution in [0.3, 0.4) is 0 Å². The molecule has 0 aliphatic heterocycles. The van der Waals surface area contributed by atoms with E-state index in [4.69, 9.17) is 11.6 Å². The summed E-state index contributed by atoms with van der Waals surface area (Å²) in [4.78, 5) is 24.8. The molecule has 0 saturated heterocycles. The van der Waals surface area contributed by atoms with Gasteiger partial charge in [0.2, 0.25) is 0 Å². The maximum atomic E-state index is 11.4. The highest BCUT2D eigenvalue weighted by atomic mass is 79.9. The first-order valence-electron chi connectivity index (χ1n) is 4.02. The average Bonchev–Trinajstić information content (AvgIpc) is 2.13. The van der Waals surface area contributed by atoms with Crippen LogP contribution < -0.4 is 11.4 Å². The van der Waals surface area contributed by atoms with Crippen LogP contribution in [0.1, 0.15) is 5.56 Å². The summed E-state index contributed by atoms with van der Waals surface area (Å²) in [6.07, 6.45) is 0. The van der Waals surface area contributed by atoms with Gasteiger partial charge in [0.25, 0.3) is 0 Å². The van der Waals surface area contributed by atoms with Crippen molar-refractivity contribution in [2.75, 3.05) is 0 Å². The predicted octanol–water partition coefficient (Wildman–Crippen LogP) is 2.21. The van der Waals surface area contributed by atoms with Crippen LogP contribution in [0.5, 0.6) is 0 Å². The number of H-pyrrole nitrogens is 1. The van der Waals surface area contributed by atoms with Gasteiger partial charge in [0.1, 0.15) is 5.39 Å². The zero-order valence-corrected chi connectivity index (χ0v) is 9.90. The summed E-state index contributed by atoms with van der Waals surface area (Å²) in [6, 6.07) is 1.72. The van der Waals surface area contributed by atoms with E-state index in [1.807, 2.05) is 0 Å². The predicted molar refractivity (Wildman–Crippen MR) is 60.6 cm³/mol. The van der Waals surface area contributed by atoms with Crippen molar-refractivity contribution in [3.05, 3.63) is 42.1 Å². The highest BCUT2D eigenvalue weighted by Crippen LogP contribution is 2.29. The number of hydrogen-bond donors (Lipinski definition) is 1. The Morgan fingerprint density at radius 2 is 2.13 bits per heavy atom. The second-order valence-electron chi connectivity index (χ2n) is 3.04. The van der Waals surface area contributed by atoms with Crippen LogP contribution in [0.4, 0.5) is 0 Å². The second-order valence-corrected chi connectivity index (χ2v) is 4.27. The molecule has 6 heteroatoms. The molecule has 0 aliphatic carbocycles. The fraction of sp³-hybridized carbons (Fsp3) is 0.111. The van der Waals surface area contributed by atoms with Gasteiger partial charge in [0.05, 0.1) is 10.5 Å². The second kappa shape index (κ2) is 3.50. The molecule has 15 heavy (non-hydrogen) atoms. The molecule has 1 N–H and O–H groups in total. The molecule has 1 aromatic heterocycles. The quantitative estimate of drug-likeness (QED) is 0.809. The summed E-state index contributed by atoms with van der Waals surface area (Å²) in [6.45, 7) is 1.76. The summed E-state index contributed by atoms with van der Waals surface area (Å²) in [7, 11) is 0. The minimum Gasteiger partial charge on any atom is -0.372 e. The molecule has 78 valence electrons. The third-order valence-corrected chi connectivity index (χ3v) is 3.28. The smallest absolute Gasteiger partial charge is 0.372 e. The lowest BCUT2D eigenvalue weighted by Gasteiger charge is -2.03. The number of hydrogen-bond acceptors (Lipinski definition) is 3. The molecule has 2 aromatic rings. The Morgan fingerprint density at radius 1 is 1.47 bits per heavy atom. The molecule has 0 atom stereocenters. The van der Waals surface area contributed by atoms with Crippen LogP contribution in [0.2, 0.25) is 5.02 Å². The molecule has 0 bridgehead atoms. The van der Waals surface area contributed by atoms with Gasteiger partial charge in [-0.3, -0.25) is 4.98 Å². The average molecular weight is 290 g/mol. The molecule has 2 rings (SSSR count). The number of halogens is 2. The van der Waals surface area contributed by atoms with E-state index in [0.29, 0.717) is 9.99 Å². The van der Waals surface area contributed by atoms with Gasteiger partial charge in [0.15, 0.2) is 0 Å².